The minimum atomic E-state index is -0.0825. The number of benzene rings is 1. The highest BCUT2D eigenvalue weighted by Crippen LogP contribution is 2.22. The molecule has 0 aliphatic carbocycles. The monoisotopic (exact) mass is 340 g/mol. The molecule has 1 unspecified atom stereocenters. The van der Waals surface area contributed by atoms with Crippen LogP contribution < -0.4 is 5.32 Å². The number of nitrogens with one attached hydrogen (secondary N) is 1. The highest BCUT2D eigenvalue weighted by molar-refractivity contribution is 9.10. The van der Waals surface area contributed by atoms with Crippen molar-refractivity contribution in [3.05, 3.63) is 34.3 Å². The molecule has 1 atom stereocenters. The SMILES string of the molecule is CCNC(CCN1CCC(O)CC1)c1cccc(Br)c1. The summed E-state index contributed by atoms with van der Waals surface area (Å²) in [4.78, 5) is 2.47. The van der Waals surface area contributed by atoms with Gasteiger partial charge in [0.15, 0.2) is 0 Å². The smallest absolute Gasteiger partial charge is 0.0564 e. The molecule has 20 heavy (non-hydrogen) atoms. The normalized spacial score (nSPS) is 19.1. The largest absolute Gasteiger partial charge is 0.393 e. The topological polar surface area (TPSA) is 35.5 Å². The summed E-state index contributed by atoms with van der Waals surface area (Å²) < 4.78 is 1.14. The predicted octanol–water partition coefficient (Wildman–Crippen LogP) is 2.95. The number of halogens is 1. The van der Waals surface area contributed by atoms with E-state index in [1.54, 1.807) is 0 Å². The van der Waals surface area contributed by atoms with E-state index in [4.69, 9.17) is 0 Å². The van der Waals surface area contributed by atoms with E-state index in [1.165, 1.54) is 5.56 Å². The van der Waals surface area contributed by atoms with Crippen molar-refractivity contribution in [1.82, 2.24) is 10.2 Å². The third kappa shape index (κ3) is 4.85. The molecule has 1 saturated heterocycles. The van der Waals surface area contributed by atoms with E-state index in [9.17, 15) is 5.11 Å². The Balaban J connectivity index is 1.89. The first-order valence-corrected chi connectivity index (χ1v) is 8.37. The molecule has 1 aliphatic heterocycles. The minimum absolute atomic E-state index is 0.0825. The molecule has 0 bridgehead atoms. The number of hydrogen-bond donors (Lipinski definition) is 2. The standard InChI is InChI=1S/C16H25BrN2O/c1-2-18-16(13-4-3-5-14(17)12-13)8-11-19-9-6-15(20)7-10-19/h3-5,12,15-16,18,20H,2,6-11H2,1H3. The van der Waals surface area contributed by atoms with Crippen LogP contribution in [0, 0.1) is 0 Å². The van der Waals surface area contributed by atoms with Gasteiger partial charge < -0.3 is 15.3 Å². The molecule has 0 spiro atoms. The van der Waals surface area contributed by atoms with Gasteiger partial charge >= 0.3 is 0 Å². The zero-order valence-electron chi connectivity index (χ0n) is 12.2. The first-order valence-electron chi connectivity index (χ1n) is 7.58. The van der Waals surface area contributed by atoms with E-state index in [1.807, 2.05) is 0 Å². The van der Waals surface area contributed by atoms with Gasteiger partial charge in [-0.1, -0.05) is 35.0 Å². The third-order valence-electron chi connectivity index (χ3n) is 3.99. The number of hydrogen-bond acceptors (Lipinski definition) is 3. The van der Waals surface area contributed by atoms with Crippen LogP contribution in [0.15, 0.2) is 28.7 Å². The zero-order valence-corrected chi connectivity index (χ0v) is 13.8. The van der Waals surface area contributed by atoms with Crippen molar-refractivity contribution in [2.75, 3.05) is 26.2 Å². The molecule has 112 valence electrons. The molecule has 1 aliphatic rings. The van der Waals surface area contributed by atoms with Crippen LogP contribution in [0.1, 0.15) is 37.8 Å². The van der Waals surface area contributed by atoms with Crippen molar-refractivity contribution in [2.45, 2.75) is 38.3 Å². The van der Waals surface area contributed by atoms with Crippen LogP contribution in [0.3, 0.4) is 0 Å². The number of rotatable bonds is 6. The van der Waals surface area contributed by atoms with Gasteiger partial charge in [0, 0.05) is 23.6 Å². The Morgan fingerprint density at radius 2 is 2.15 bits per heavy atom. The zero-order chi connectivity index (χ0) is 14.4. The van der Waals surface area contributed by atoms with Gasteiger partial charge in [-0.2, -0.15) is 0 Å². The van der Waals surface area contributed by atoms with Crippen LogP contribution in [0.25, 0.3) is 0 Å². The molecule has 1 heterocycles. The Morgan fingerprint density at radius 3 is 2.80 bits per heavy atom. The van der Waals surface area contributed by atoms with E-state index in [0.717, 1.165) is 49.9 Å². The summed E-state index contributed by atoms with van der Waals surface area (Å²) in [6.45, 7) is 6.28. The van der Waals surface area contributed by atoms with Crippen LogP contribution in [-0.4, -0.2) is 42.3 Å². The number of aliphatic hydroxyl groups excluding tert-OH is 1. The molecular weight excluding hydrogens is 316 g/mol. The Kier molecular flexibility index (Phi) is 6.49. The van der Waals surface area contributed by atoms with Gasteiger partial charge in [0.2, 0.25) is 0 Å². The summed E-state index contributed by atoms with van der Waals surface area (Å²) in [6, 6.07) is 8.97. The van der Waals surface area contributed by atoms with E-state index in [-0.39, 0.29) is 6.10 Å². The molecule has 1 aromatic rings. The van der Waals surface area contributed by atoms with Crippen LogP contribution in [-0.2, 0) is 0 Å². The molecular formula is C16H25BrN2O. The molecule has 4 heteroatoms. The lowest BCUT2D eigenvalue weighted by molar-refractivity contribution is 0.0806. The number of piperidine rings is 1. The lowest BCUT2D eigenvalue weighted by Crippen LogP contribution is -2.37. The maximum Gasteiger partial charge on any atom is 0.0564 e. The molecule has 2 rings (SSSR count). The minimum Gasteiger partial charge on any atom is -0.393 e. The third-order valence-corrected chi connectivity index (χ3v) is 4.49. The van der Waals surface area contributed by atoms with Crippen LogP contribution in [0.2, 0.25) is 0 Å². The van der Waals surface area contributed by atoms with Crippen molar-refractivity contribution in [3.63, 3.8) is 0 Å². The summed E-state index contributed by atoms with van der Waals surface area (Å²) in [5.41, 5.74) is 1.35. The molecule has 3 nitrogen and oxygen atoms in total. The lowest BCUT2D eigenvalue weighted by atomic mass is 10.0. The molecule has 2 N–H and O–H groups in total. The van der Waals surface area contributed by atoms with Gasteiger partial charge in [-0.15, -0.1) is 0 Å². The quantitative estimate of drug-likeness (QED) is 0.835. The summed E-state index contributed by atoms with van der Waals surface area (Å²) in [5.74, 6) is 0. The second-order valence-corrected chi connectivity index (χ2v) is 6.44. The average Bonchev–Trinajstić information content (AvgIpc) is 2.45. The van der Waals surface area contributed by atoms with Gasteiger partial charge in [-0.25, -0.2) is 0 Å². The molecule has 0 amide bonds. The molecule has 0 saturated carbocycles. The van der Waals surface area contributed by atoms with Crippen LogP contribution in [0.5, 0.6) is 0 Å². The summed E-state index contributed by atoms with van der Waals surface area (Å²) >= 11 is 3.55. The summed E-state index contributed by atoms with van der Waals surface area (Å²) in [6.07, 6.45) is 2.87. The molecule has 1 aromatic carbocycles. The van der Waals surface area contributed by atoms with E-state index >= 15 is 0 Å². The fourth-order valence-corrected chi connectivity index (χ4v) is 3.23. The Morgan fingerprint density at radius 1 is 1.40 bits per heavy atom. The summed E-state index contributed by atoms with van der Waals surface area (Å²) in [5, 5.41) is 13.1. The first kappa shape index (κ1) is 16.0. The highest BCUT2D eigenvalue weighted by Gasteiger charge is 2.18. The number of aliphatic hydroxyl groups is 1. The predicted molar refractivity (Wildman–Crippen MR) is 86.9 cm³/mol. The highest BCUT2D eigenvalue weighted by atomic mass is 79.9. The van der Waals surface area contributed by atoms with Crippen molar-refractivity contribution in [1.29, 1.82) is 0 Å². The van der Waals surface area contributed by atoms with Crippen molar-refractivity contribution < 1.29 is 5.11 Å². The molecule has 0 radical (unpaired) electrons. The Bertz CT molecular complexity index is 405. The second kappa shape index (κ2) is 8.13. The van der Waals surface area contributed by atoms with Crippen molar-refractivity contribution in [3.8, 4) is 0 Å². The van der Waals surface area contributed by atoms with Gasteiger partial charge in [0.25, 0.3) is 0 Å². The number of likely N-dealkylation sites (tertiary alicyclic amines) is 1. The van der Waals surface area contributed by atoms with Crippen molar-refractivity contribution >= 4 is 15.9 Å². The van der Waals surface area contributed by atoms with E-state index in [0.29, 0.717) is 6.04 Å². The van der Waals surface area contributed by atoms with E-state index < -0.39 is 0 Å². The Labute approximate surface area is 130 Å². The Hall–Kier alpha value is -0.420. The molecule has 0 aromatic heterocycles. The van der Waals surface area contributed by atoms with Gasteiger partial charge in [-0.3, -0.25) is 0 Å². The lowest BCUT2D eigenvalue weighted by Gasteiger charge is -2.31. The van der Waals surface area contributed by atoms with E-state index in [2.05, 4.69) is 57.3 Å². The second-order valence-electron chi connectivity index (χ2n) is 5.53. The van der Waals surface area contributed by atoms with Gasteiger partial charge in [-0.05, 0) is 50.0 Å². The van der Waals surface area contributed by atoms with Crippen LogP contribution in [0.4, 0.5) is 0 Å². The van der Waals surface area contributed by atoms with Gasteiger partial charge in [0.1, 0.15) is 0 Å². The average molecular weight is 341 g/mol. The fourth-order valence-electron chi connectivity index (χ4n) is 2.81. The first-order chi connectivity index (χ1) is 9.69. The van der Waals surface area contributed by atoms with Crippen molar-refractivity contribution in [2.24, 2.45) is 0 Å². The maximum atomic E-state index is 9.55. The maximum absolute atomic E-state index is 9.55. The molecule has 1 fully saturated rings. The summed E-state index contributed by atoms with van der Waals surface area (Å²) in [7, 11) is 0. The van der Waals surface area contributed by atoms with Crippen LogP contribution >= 0.6 is 15.9 Å². The van der Waals surface area contributed by atoms with Gasteiger partial charge in [0.05, 0.1) is 6.10 Å². The fraction of sp³-hybridized carbons (Fsp3) is 0.625. The number of nitrogens with zero attached hydrogens (tertiary/aromatic N) is 1.